The largest absolute Gasteiger partial charge is 0.534 e. The van der Waals surface area contributed by atoms with Gasteiger partial charge in [-0.2, -0.15) is 21.6 Å². The molecule has 0 radical (unpaired) electrons. The minimum Gasteiger partial charge on any atom is -0.376 e. The van der Waals surface area contributed by atoms with Crippen molar-refractivity contribution >= 4 is 21.9 Å². The van der Waals surface area contributed by atoms with Crippen molar-refractivity contribution in [3.8, 4) is 5.75 Å². The predicted molar refractivity (Wildman–Crippen MR) is 136 cm³/mol. The number of fused-ring (bicyclic) bond motifs is 1. The Kier molecular flexibility index (Phi) is 8.95. The molecule has 0 bridgehead atoms. The summed E-state index contributed by atoms with van der Waals surface area (Å²) in [4.78, 5) is 29.0. The maximum absolute atomic E-state index is 14.5. The van der Waals surface area contributed by atoms with Crippen molar-refractivity contribution in [1.29, 1.82) is 0 Å². The molecule has 1 aromatic rings. The zero-order valence-electron chi connectivity index (χ0n) is 22.2. The Labute approximate surface area is 227 Å². The van der Waals surface area contributed by atoms with E-state index in [4.69, 9.17) is 0 Å². The Balaban J connectivity index is 1.37. The molecule has 12 heteroatoms. The zero-order valence-corrected chi connectivity index (χ0v) is 23.0. The van der Waals surface area contributed by atoms with Gasteiger partial charge in [0.2, 0.25) is 11.8 Å². The molecule has 0 N–H and O–H groups in total. The first kappa shape index (κ1) is 29.8. The Hall–Kier alpha value is -2.21. The fraction of sp³-hybridized carbons (Fsp3) is 0.704. The summed E-state index contributed by atoms with van der Waals surface area (Å²) in [6.45, 7) is 3.67. The van der Waals surface area contributed by atoms with Gasteiger partial charge in [0.25, 0.3) is 0 Å². The number of alkyl halides is 3. The van der Waals surface area contributed by atoms with Crippen molar-refractivity contribution in [3.63, 3.8) is 0 Å². The first-order valence-corrected chi connectivity index (χ1v) is 15.1. The SMILES string of the molecule is CCCN(CCCCN1C(=O)CC2(CCCC2)CC1=O)[C@@H]1CCc2c(F)ccc(OS(=O)(=O)C(F)(F)F)c2C1. The van der Waals surface area contributed by atoms with Crippen molar-refractivity contribution in [1.82, 2.24) is 9.80 Å². The summed E-state index contributed by atoms with van der Waals surface area (Å²) in [7, 11) is -5.89. The topological polar surface area (TPSA) is 84.0 Å². The van der Waals surface area contributed by atoms with Crippen molar-refractivity contribution in [2.75, 3.05) is 19.6 Å². The van der Waals surface area contributed by atoms with Gasteiger partial charge in [-0.1, -0.05) is 19.8 Å². The van der Waals surface area contributed by atoms with Crippen LogP contribution in [0.5, 0.6) is 5.75 Å². The molecule has 0 aromatic heterocycles. The lowest BCUT2D eigenvalue weighted by Gasteiger charge is -2.38. The summed E-state index contributed by atoms with van der Waals surface area (Å²) >= 11 is 0. The van der Waals surface area contributed by atoms with E-state index in [-0.39, 0.29) is 47.2 Å². The number of amides is 2. The van der Waals surface area contributed by atoms with Gasteiger partial charge in [0.1, 0.15) is 11.6 Å². The second-order valence-electron chi connectivity index (χ2n) is 11.1. The average Bonchev–Trinajstić information content (AvgIpc) is 3.30. The number of benzene rings is 1. The van der Waals surface area contributed by atoms with Crippen LogP contribution in [-0.4, -0.2) is 61.2 Å². The Morgan fingerprint density at radius 1 is 1.05 bits per heavy atom. The van der Waals surface area contributed by atoms with Gasteiger partial charge in [0, 0.05) is 31.0 Å². The second-order valence-corrected chi connectivity index (χ2v) is 12.7. The Bertz CT molecular complexity index is 1160. The normalized spacial score (nSPS) is 21.6. The van der Waals surface area contributed by atoms with Gasteiger partial charge in [0.05, 0.1) is 0 Å². The third-order valence-electron chi connectivity index (χ3n) is 8.40. The van der Waals surface area contributed by atoms with Crippen molar-refractivity contribution in [2.24, 2.45) is 5.41 Å². The maximum atomic E-state index is 14.5. The second kappa shape index (κ2) is 11.7. The standard InChI is InChI=1S/C27H36F4N2O5S/c1-2-13-32(14-5-6-15-33-24(34)17-26(18-25(33)35)11-3-4-12-26)19-7-8-20-21(16-19)23(10-9-22(20)28)38-39(36,37)27(29,30)31/h9-10,19H,2-8,11-18H2,1H3/t19-/m1/s1. The number of halogens is 4. The summed E-state index contributed by atoms with van der Waals surface area (Å²) in [6, 6.07) is 1.73. The van der Waals surface area contributed by atoms with Crippen LogP contribution in [0, 0.1) is 11.2 Å². The van der Waals surface area contributed by atoms with Gasteiger partial charge in [-0.15, -0.1) is 0 Å². The highest BCUT2D eigenvalue weighted by molar-refractivity contribution is 7.88. The number of carbonyl (C=O) groups is 2. The van der Waals surface area contributed by atoms with Gasteiger partial charge < -0.3 is 9.08 Å². The van der Waals surface area contributed by atoms with Gasteiger partial charge in [-0.05, 0) is 87.6 Å². The number of likely N-dealkylation sites (tertiary alicyclic amines) is 1. The monoisotopic (exact) mass is 576 g/mol. The number of rotatable bonds is 10. The van der Waals surface area contributed by atoms with E-state index in [2.05, 4.69) is 9.08 Å². The third kappa shape index (κ3) is 6.58. The van der Waals surface area contributed by atoms with E-state index >= 15 is 0 Å². The number of carbonyl (C=O) groups excluding carboxylic acids is 2. The summed E-state index contributed by atoms with van der Waals surface area (Å²) in [6.07, 6.45) is 7.97. The molecule has 1 aromatic carbocycles. The van der Waals surface area contributed by atoms with Crippen LogP contribution in [0.2, 0.25) is 0 Å². The minimum absolute atomic E-state index is 0.0918. The molecule has 39 heavy (non-hydrogen) atoms. The van der Waals surface area contributed by atoms with Crippen LogP contribution in [0.4, 0.5) is 17.6 Å². The van der Waals surface area contributed by atoms with Crippen LogP contribution >= 0.6 is 0 Å². The fourth-order valence-corrected chi connectivity index (χ4v) is 6.94. The maximum Gasteiger partial charge on any atom is 0.534 e. The molecule has 7 nitrogen and oxygen atoms in total. The first-order valence-electron chi connectivity index (χ1n) is 13.7. The average molecular weight is 577 g/mol. The number of hydrogen-bond donors (Lipinski definition) is 0. The molecule has 1 saturated carbocycles. The molecule has 1 atom stereocenters. The van der Waals surface area contributed by atoms with E-state index in [1.165, 1.54) is 4.90 Å². The highest BCUT2D eigenvalue weighted by Crippen LogP contribution is 2.47. The van der Waals surface area contributed by atoms with Crippen LogP contribution in [-0.2, 0) is 32.5 Å². The van der Waals surface area contributed by atoms with Crippen molar-refractivity contribution in [3.05, 3.63) is 29.1 Å². The lowest BCUT2D eigenvalue weighted by Crippen LogP contribution is -2.47. The van der Waals surface area contributed by atoms with Crippen LogP contribution < -0.4 is 4.18 Å². The van der Waals surface area contributed by atoms with Gasteiger partial charge in [-0.3, -0.25) is 14.5 Å². The Morgan fingerprint density at radius 3 is 2.33 bits per heavy atom. The summed E-state index contributed by atoms with van der Waals surface area (Å²) in [5.41, 5.74) is -5.41. The van der Waals surface area contributed by atoms with Crippen LogP contribution in [0.15, 0.2) is 12.1 Å². The fourth-order valence-electron chi connectivity index (χ4n) is 6.45. The van der Waals surface area contributed by atoms with E-state index in [1.807, 2.05) is 6.92 Å². The lowest BCUT2D eigenvalue weighted by molar-refractivity contribution is -0.153. The lowest BCUT2D eigenvalue weighted by atomic mass is 9.76. The molecule has 1 saturated heterocycles. The molecular formula is C27H36F4N2O5S. The Morgan fingerprint density at radius 2 is 1.72 bits per heavy atom. The predicted octanol–water partition coefficient (Wildman–Crippen LogP) is 5.11. The van der Waals surface area contributed by atoms with Gasteiger partial charge in [0.15, 0.2) is 0 Å². The van der Waals surface area contributed by atoms with Crippen LogP contribution in [0.25, 0.3) is 0 Å². The summed E-state index contributed by atoms with van der Waals surface area (Å²) in [5.74, 6) is -1.28. The molecule has 2 fully saturated rings. The molecular weight excluding hydrogens is 540 g/mol. The summed E-state index contributed by atoms with van der Waals surface area (Å²) < 4.78 is 80.9. The van der Waals surface area contributed by atoms with Gasteiger partial charge in [-0.25, -0.2) is 4.39 Å². The molecule has 1 aliphatic heterocycles. The van der Waals surface area contributed by atoms with E-state index in [1.54, 1.807) is 0 Å². The van der Waals surface area contributed by atoms with Crippen molar-refractivity contribution < 1.29 is 39.8 Å². The molecule has 1 spiro atoms. The minimum atomic E-state index is -5.89. The molecule has 2 aliphatic carbocycles. The van der Waals surface area contributed by atoms with E-state index in [9.17, 15) is 35.6 Å². The number of hydrogen-bond acceptors (Lipinski definition) is 6. The molecule has 4 rings (SSSR count). The van der Waals surface area contributed by atoms with E-state index in [0.717, 1.165) is 44.2 Å². The highest BCUT2D eigenvalue weighted by Gasteiger charge is 2.49. The van der Waals surface area contributed by atoms with E-state index < -0.39 is 27.2 Å². The quantitative estimate of drug-likeness (QED) is 0.127. The number of piperidine rings is 1. The molecule has 0 unspecified atom stereocenters. The molecule has 218 valence electrons. The van der Waals surface area contributed by atoms with Gasteiger partial charge >= 0.3 is 15.6 Å². The third-order valence-corrected chi connectivity index (χ3v) is 9.37. The number of unbranched alkanes of at least 4 members (excludes halogenated alkanes) is 1. The first-order chi connectivity index (χ1) is 18.4. The molecule has 2 amide bonds. The van der Waals surface area contributed by atoms with Crippen molar-refractivity contribution in [2.45, 2.75) is 95.5 Å². The molecule has 3 aliphatic rings. The van der Waals surface area contributed by atoms with Crippen LogP contribution in [0.3, 0.4) is 0 Å². The van der Waals surface area contributed by atoms with E-state index in [0.29, 0.717) is 51.7 Å². The van der Waals surface area contributed by atoms with Crippen LogP contribution in [0.1, 0.15) is 82.3 Å². The number of nitrogens with zero attached hydrogens (tertiary/aromatic N) is 2. The summed E-state index contributed by atoms with van der Waals surface area (Å²) in [5, 5.41) is 0. The molecule has 1 heterocycles. The highest BCUT2D eigenvalue weighted by atomic mass is 32.2. The zero-order chi connectivity index (χ0) is 28.4. The number of imide groups is 1. The smallest absolute Gasteiger partial charge is 0.376 e.